The first kappa shape index (κ1) is 25.3. The van der Waals surface area contributed by atoms with Crippen LogP contribution in [-0.2, 0) is 4.79 Å². The number of halogens is 1. The molecule has 0 aliphatic rings. The molecule has 0 bridgehead atoms. The molecule has 0 heterocycles. The van der Waals surface area contributed by atoms with Gasteiger partial charge in [0.1, 0.15) is 5.75 Å². The zero-order valence-electron chi connectivity index (χ0n) is 18.9. The van der Waals surface area contributed by atoms with Crippen molar-refractivity contribution in [2.45, 2.75) is 0 Å². The summed E-state index contributed by atoms with van der Waals surface area (Å²) in [6.45, 7) is -0.261. The number of amides is 2. The summed E-state index contributed by atoms with van der Waals surface area (Å²) in [6, 6.07) is 17.8. The van der Waals surface area contributed by atoms with E-state index in [0.717, 1.165) is 0 Å². The highest BCUT2D eigenvalue weighted by Crippen LogP contribution is 2.29. The second-order valence-corrected chi connectivity index (χ2v) is 7.39. The largest absolute Gasteiger partial charge is 0.497 e. The maximum absolute atomic E-state index is 12.4. The van der Waals surface area contributed by atoms with Crippen LogP contribution in [0.5, 0.6) is 17.2 Å². The molecular formula is C25H22ClN3O6. The van der Waals surface area contributed by atoms with Crippen molar-refractivity contribution in [3.63, 3.8) is 0 Å². The number of ether oxygens (including phenoxy) is 3. The lowest BCUT2D eigenvalue weighted by molar-refractivity contribution is -0.120. The number of nitrogens with one attached hydrogen (secondary N) is 2. The fourth-order valence-corrected chi connectivity index (χ4v) is 3.07. The molecule has 0 saturated heterocycles. The third-order valence-electron chi connectivity index (χ3n) is 4.65. The molecule has 9 nitrogen and oxygen atoms in total. The van der Waals surface area contributed by atoms with E-state index in [0.29, 0.717) is 16.9 Å². The zero-order valence-corrected chi connectivity index (χ0v) is 19.7. The van der Waals surface area contributed by atoms with Crippen molar-refractivity contribution in [2.24, 2.45) is 5.10 Å². The van der Waals surface area contributed by atoms with Gasteiger partial charge in [-0.25, -0.2) is 10.2 Å². The lowest BCUT2D eigenvalue weighted by Gasteiger charge is -2.10. The summed E-state index contributed by atoms with van der Waals surface area (Å²) in [6.07, 6.45) is 1.38. The van der Waals surface area contributed by atoms with Crippen LogP contribution in [0, 0.1) is 0 Å². The first-order valence-corrected chi connectivity index (χ1v) is 10.7. The number of nitrogens with zero attached hydrogens (tertiary/aromatic N) is 1. The van der Waals surface area contributed by atoms with Crippen molar-refractivity contribution >= 4 is 35.6 Å². The third kappa shape index (κ3) is 7.05. The minimum atomic E-state index is -0.626. The molecule has 3 aromatic rings. The van der Waals surface area contributed by atoms with Gasteiger partial charge in [0.2, 0.25) is 0 Å². The summed E-state index contributed by atoms with van der Waals surface area (Å²) < 4.78 is 15.7. The Morgan fingerprint density at radius 1 is 0.943 bits per heavy atom. The van der Waals surface area contributed by atoms with Crippen molar-refractivity contribution in [2.75, 3.05) is 20.8 Å². The molecule has 0 radical (unpaired) electrons. The van der Waals surface area contributed by atoms with E-state index in [9.17, 15) is 14.4 Å². The van der Waals surface area contributed by atoms with Crippen molar-refractivity contribution < 1.29 is 28.6 Å². The predicted molar refractivity (Wildman–Crippen MR) is 130 cm³/mol. The second-order valence-electron chi connectivity index (χ2n) is 6.98. The molecule has 0 aliphatic heterocycles. The van der Waals surface area contributed by atoms with E-state index >= 15 is 0 Å². The molecule has 0 fully saturated rings. The number of hydrogen-bond acceptors (Lipinski definition) is 7. The van der Waals surface area contributed by atoms with Crippen LogP contribution in [0.3, 0.4) is 0 Å². The third-order valence-corrected chi connectivity index (χ3v) is 4.98. The van der Waals surface area contributed by atoms with Gasteiger partial charge in [0.05, 0.1) is 37.6 Å². The van der Waals surface area contributed by atoms with Crippen molar-refractivity contribution in [1.82, 2.24) is 10.7 Å². The molecule has 35 heavy (non-hydrogen) atoms. The van der Waals surface area contributed by atoms with Crippen LogP contribution in [0.15, 0.2) is 71.8 Å². The Kier molecular flexibility index (Phi) is 8.80. The van der Waals surface area contributed by atoms with Gasteiger partial charge in [0, 0.05) is 5.56 Å². The fraction of sp³-hybridized carbons (Fsp3) is 0.120. The van der Waals surface area contributed by atoms with E-state index in [2.05, 4.69) is 15.8 Å². The maximum atomic E-state index is 12.4. The quantitative estimate of drug-likeness (QED) is 0.203. The number of hydrazone groups is 1. The van der Waals surface area contributed by atoms with Crippen LogP contribution in [0.25, 0.3) is 0 Å². The van der Waals surface area contributed by atoms with Crippen LogP contribution in [0.4, 0.5) is 0 Å². The SMILES string of the molecule is COc1ccc(C(=O)NCC(=O)NN=Cc2ccc(OC(=O)c3ccccc3Cl)c(OC)c2)cc1. The van der Waals surface area contributed by atoms with E-state index in [4.69, 9.17) is 25.8 Å². The Labute approximate surface area is 206 Å². The van der Waals surface area contributed by atoms with Crippen molar-refractivity contribution in [3.8, 4) is 17.2 Å². The van der Waals surface area contributed by atoms with Crippen LogP contribution in [-0.4, -0.2) is 44.8 Å². The van der Waals surface area contributed by atoms with Gasteiger partial charge in [-0.05, 0) is 60.2 Å². The molecule has 0 aliphatic carbocycles. The van der Waals surface area contributed by atoms with E-state index in [1.165, 1.54) is 26.5 Å². The number of carbonyl (C=O) groups is 3. The van der Waals surface area contributed by atoms with Crippen LogP contribution >= 0.6 is 11.6 Å². The lowest BCUT2D eigenvalue weighted by Crippen LogP contribution is -2.34. The number of hydrogen-bond donors (Lipinski definition) is 2. The highest BCUT2D eigenvalue weighted by molar-refractivity contribution is 6.33. The summed E-state index contributed by atoms with van der Waals surface area (Å²) in [7, 11) is 2.96. The first-order chi connectivity index (χ1) is 16.9. The number of esters is 1. The van der Waals surface area contributed by atoms with Gasteiger partial charge in [-0.1, -0.05) is 23.7 Å². The Morgan fingerprint density at radius 2 is 1.69 bits per heavy atom. The molecular weight excluding hydrogens is 474 g/mol. The van der Waals surface area contributed by atoms with Crippen LogP contribution in [0.1, 0.15) is 26.3 Å². The number of rotatable bonds is 9. The van der Waals surface area contributed by atoms with Gasteiger partial charge in [0.15, 0.2) is 11.5 Å². The maximum Gasteiger partial charge on any atom is 0.345 e. The molecule has 2 amide bonds. The Hall–Kier alpha value is -4.37. The standard InChI is InChI=1S/C25H22ClN3O6/c1-33-18-10-8-17(9-11-18)24(31)27-15-23(30)29-28-14-16-7-12-21(22(13-16)34-2)35-25(32)19-5-3-4-6-20(19)26/h3-14H,15H2,1-2H3,(H,27,31)(H,29,30). The van der Waals surface area contributed by atoms with Crippen molar-refractivity contribution in [3.05, 3.63) is 88.4 Å². The number of benzene rings is 3. The summed E-state index contributed by atoms with van der Waals surface area (Å²) >= 11 is 6.04. The molecule has 3 aromatic carbocycles. The Balaban J connectivity index is 1.53. The fourth-order valence-electron chi connectivity index (χ4n) is 2.85. The second kappa shape index (κ2) is 12.2. The van der Waals surface area contributed by atoms with E-state index in [1.807, 2.05) is 0 Å². The van der Waals surface area contributed by atoms with Gasteiger partial charge < -0.3 is 19.5 Å². The van der Waals surface area contributed by atoms with Gasteiger partial charge in [0.25, 0.3) is 11.8 Å². The highest BCUT2D eigenvalue weighted by Gasteiger charge is 2.15. The summed E-state index contributed by atoms with van der Waals surface area (Å²) in [5.41, 5.74) is 3.51. The Morgan fingerprint density at radius 3 is 2.37 bits per heavy atom. The summed E-state index contributed by atoms with van der Waals surface area (Å²) in [5.74, 6) is -0.442. The summed E-state index contributed by atoms with van der Waals surface area (Å²) in [5, 5.41) is 6.64. The number of carbonyl (C=O) groups excluding carboxylic acids is 3. The predicted octanol–water partition coefficient (Wildman–Crippen LogP) is 3.46. The molecule has 0 saturated carbocycles. The van der Waals surface area contributed by atoms with E-state index in [-0.39, 0.29) is 28.6 Å². The van der Waals surface area contributed by atoms with Gasteiger partial charge in [-0.3, -0.25) is 9.59 Å². The van der Waals surface area contributed by atoms with E-state index < -0.39 is 17.8 Å². The monoisotopic (exact) mass is 495 g/mol. The smallest absolute Gasteiger partial charge is 0.345 e. The minimum Gasteiger partial charge on any atom is -0.497 e. The highest BCUT2D eigenvalue weighted by atomic mass is 35.5. The van der Waals surface area contributed by atoms with Crippen molar-refractivity contribution in [1.29, 1.82) is 0 Å². The average Bonchev–Trinajstić information content (AvgIpc) is 2.88. The number of methoxy groups -OCH3 is 2. The molecule has 3 rings (SSSR count). The van der Waals surface area contributed by atoms with Gasteiger partial charge in [-0.15, -0.1) is 0 Å². The molecule has 2 N–H and O–H groups in total. The lowest BCUT2D eigenvalue weighted by atomic mass is 10.2. The first-order valence-electron chi connectivity index (χ1n) is 10.3. The molecule has 10 heteroatoms. The van der Waals surface area contributed by atoms with E-state index in [1.54, 1.807) is 60.7 Å². The summed E-state index contributed by atoms with van der Waals surface area (Å²) in [4.78, 5) is 36.5. The Bertz CT molecular complexity index is 1240. The molecule has 180 valence electrons. The topological polar surface area (TPSA) is 115 Å². The molecule has 0 unspecified atom stereocenters. The van der Waals surface area contributed by atoms with Gasteiger partial charge >= 0.3 is 5.97 Å². The molecule has 0 spiro atoms. The molecule has 0 aromatic heterocycles. The zero-order chi connectivity index (χ0) is 25.2. The van der Waals surface area contributed by atoms with Gasteiger partial charge in [-0.2, -0.15) is 5.10 Å². The average molecular weight is 496 g/mol. The van der Waals surface area contributed by atoms with Crippen LogP contribution in [0.2, 0.25) is 5.02 Å². The normalized spacial score (nSPS) is 10.5. The van der Waals surface area contributed by atoms with Crippen LogP contribution < -0.4 is 25.0 Å². The minimum absolute atomic E-state index is 0.194. The molecule has 0 atom stereocenters.